The number of halogens is 3. The summed E-state index contributed by atoms with van der Waals surface area (Å²) >= 11 is 0. The van der Waals surface area contributed by atoms with Crippen molar-refractivity contribution in [3.63, 3.8) is 0 Å². The van der Waals surface area contributed by atoms with Gasteiger partial charge in [0, 0.05) is 36.3 Å². The van der Waals surface area contributed by atoms with E-state index in [4.69, 9.17) is 5.73 Å². The molecule has 0 aliphatic rings. The van der Waals surface area contributed by atoms with Gasteiger partial charge in [0.05, 0.1) is 11.1 Å². The van der Waals surface area contributed by atoms with Crippen molar-refractivity contribution >= 4 is 28.7 Å². The Labute approximate surface area is 191 Å². The zero-order valence-electron chi connectivity index (χ0n) is 18.7. The number of hydrogen-bond acceptors (Lipinski definition) is 4. The number of nitrogen functional groups attached to an aromatic ring is 1. The molecule has 3 aromatic carbocycles. The minimum Gasteiger partial charge on any atom is -0.398 e. The molecule has 33 heavy (non-hydrogen) atoms. The van der Waals surface area contributed by atoms with Crippen LogP contribution < -0.4 is 21.3 Å². The van der Waals surface area contributed by atoms with Crippen LogP contribution in [-0.4, -0.2) is 18.5 Å². The lowest BCUT2D eigenvalue weighted by atomic mass is 10.0. The van der Waals surface area contributed by atoms with Gasteiger partial charge >= 0.3 is 6.18 Å². The SMILES string of the molecule is CN(c1ccccc1)c1ccccc1CNC(C)(C)C(=O)Nc1ccc(N)c(C(F)(F)F)c1. The molecule has 0 bridgehead atoms. The van der Waals surface area contributed by atoms with Crippen LogP contribution in [0.15, 0.2) is 72.8 Å². The minimum absolute atomic E-state index is 0.0283. The molecule has 8 heteroatoms. The van der Waals surface area contributed by atoms with E-state index in [9.17, 15) is 18.0 Å². The summed E-state index contributed by atoms with van der Waals surface area (Å²) in [6, 6.07) is 21.0. The molecule has 5 nitrogen and oxygen atoms in total. The van der Waals surface area contributed by atoms with Gasteiger partial charge in [-0.25, -0.2) is 0 Å². The molecule has 0 aromatic heterocycles. The van der Waals surface area contributed by atoms with Crippen molar-refractivity contribution in [2.45, 2.75) is 32.1 Å². The summed E-state index contributed by atoms with van der Waals surface area (Å²) in [5, 5.41) is 5.77. The Morgan fingerprint density at radius 3 is 2.27 bits per heavy atom. The lowest BCUT2D eigenvalue weighted by molar-refractivity contribution is -0.137. The molecular formula is C25H27F3N4O. The van der Waals surface area contributed by atoms with Crippen LogP contribution in [0.25, 0.3) is 0 Å². The second kappa shape index (κ2) is 9.54. The summed E-state index contributed by atoms with van der Waals surface area (Å²) in [5.41, 5.74) is 5.99. The minimum atomic E-state index is -4.60. The fourth-order valence-corrected chi connectivity index (χ4v) is 3.34. The predicted molar refractivity (Wildman–Crippen MR) is 126 cm³/mol. The fraction of sp³-hybridized carbons (Fsp3) is 0.240. The van der Waals surface area contributed by atoms with Crippen LogP contribution in [0.1, 0.15) is 25.0 Å². The van der Waals surface area contributed by atoms with Crippen LogP contribution in [0.2, 0.25) is 0 Å². The molecule has 0 spiro atoms. The van der Waals surface area contributed by atoms with Crippen LogP contribution in [0.3, 0.4) is 0 Å². The van der Waals surface area contributed by atoms with Crippen LogP contribution in [0.5, 0.6) is 0 Å². The highest BCUT2D eigenvalue weighted by Crippen LogP contribution is 2.35. The molecule has 3 aromatic rings. The van der Waals surface area contributed by atoms with E-state index < -0.39 is 28.9 Å². The fourth-order valence-electron chi connectivity index (χ4n) is 3.34. The molecule has 0 aliphatic heterocycles. The summed E-state index contributed by atoms with van der Waals surface area (Å²) in [4.78, 5) is 14.9. The lowest BCUT2D eigenvalue weighted by Gasteiger charge is -2.28. The molecule has 0 radical (unpaired) electrons. The first-order chi connectivity index (χ1) is 15.5. The predicted octanol–water partition coefficient (Wildman–Crippen LogP) is 5.56. The molecule has 0 saturated heterocycles. The number of carbonyl (C=O) groups excluding carboxylic acids is 1. The van der Waals surface area contributed by atoms with Gasteiger partial charge in [-0.05, 0) is 55.8 Å². The van der Waals surface area contributed by atoms with Crippen molar-refractivity contribution in [2.75, 3.05) is 23.0 Å². The number of alkyl halides is 3. The average molecular weight is 457 g/mol. The number of anilines is 4. The Morgan fingerprint density at radius 2 is 1.61 bits per heavy atom. The van der Waals surface area contributed by atoms with E-state index in [1.807, 2.05) is 61.6 Å². The van der Waals surface area contributed by atoms with Gasteiger partial charge in [0.2, 0.25) is 5.91 Å². The van der Waals surface area contributed by atoms with Crippen molar-refractivity contribution < 1.29 is 18.0 Å². The third-order valence-corrected chi connectivity index (χ3v) is 5.40. The standard InChI is InChI=1S/C25H27F3N4O/c1-24(2,23(33)31-18-13-14-21(29)20(15-18)25(26,27)28)30-16-17-9-7-8-12-22(17)32(3)19-10-5-4-6-11-19/h4-15,30H,16,29H2,1-3H3,(H,31,33). The van der Waals surface area contributed by atoms with Gasteiger partial charge in [-0.15, -0.1) is 0 Å². The Balaban J connectivity index is 1.73. The van der Waals surface area contributed by atoms with E-state index in [0.29, 0.717) is 6.54 Å². The Morgan fingerprint density at radius 1 is 0.970 bits per heavy atom. The molecule has 0 heterocycles. The Kier molecular flexibility index (Phi) is 6.98. The van der Waals surface area contributed by atoms with E-state index in [1.165, 1.54) is 6.07 Å². The summed E-state index contributed by atoms with van der Waals surface area (Å²) < 4.78 is 39.4. The number of nitrogens with two attached hydrogens (primary N) is 1. The number of rotatable bonds is 7. The van der Waals surface area contributed by atoms with E-state index in [0.717, 1.165) is 29.1 Å². The maximum atomic E-state index is 13.1. The lowest BCUT2D eigenvalue weighted by Crippen LogP contribution is -2.49. The van der Waals surface area contributed by atoms with Crippen molar-refractivity contribution in [3.05, 3.63) is 83.9 Å². The number of para-hydroxylation sites is 2. The molecule has 4 N–H and O–H groups in total. The highest BCUT2D eigenvalue weighted by molar-refractivity contribution is 5.97. The topological polar surface area (TPSA) is 70.4 Å². The maximum absolute atomic E-state index is 13.1. The molecule has 3 rings (SSSR count). The number of amides is 1. The van der Waals surface area contributed by atoms with Gasteiger partial charge in [0.15, 0.2) is 0 Å². The van der Waals surface area contributed by atoms with Gasteiger partial charge in [-0.1, -0.05) is 36.4 Å². The second-order valence-corrected chi connectivity index (χ2v) is 8.26. The number of nitrogens with zero attached hydrogens (tertiary/aromatic N) is 1. The van der Waals surface area contributed by atoms with Crippen molar-refractivity contribution in [1.82, 2.24) is 5.32 Å². The molecular weight excluding hydrogens is 429 g/mol. The molecule has 1 amide bonds. The average Bonchev–Trinajstić information content (AvgIpc) is 2.78. The normalized spacial score (nSPS) is 11.8. The highest BCUT2D eigenvalue weighted by atomic mass is 19.4. The highest BCUT2D eigenvalue weighted by Gasteiger charge is 2.34. The first-order valence-corrected chi connectivity index (χ1v) is 10.4. The summed E-state index contributed by atoms with van der Waals surface area (Å²) in [5.74, 6) is -0.464. The first-order valence-electron chi connectivity index (χ1n) is 10.4. The van der Waals surface area contributed by atoms with Crippen LogP contribution in [0.4, 0.5) is 35.9 Å². The zero-order chi connectivity index (χ0) is 24.2. The van der Waals surface area contributed by atoms with Crippen LogP contribution >= 0.6 is 0 Å². The molecule has 0 saturated carbocycles. The van der Waals surface area contributed by atoms with Crippen molar-refractivity contribution in [1.29, 1.82) is 0 Å². The van der Waals surface area contributed by atoms with Crippen molar-refractivity contribution in [2.24, 2.45) is 0 Å². The molecule has 0 unspecified atom stereocenters. The molecule has 0 atom stereocenters. The Hall–Kier alpha value is -3.52. The van der Waals surface area contributed by atoms with Crippen LogP contribution in [-0.2, 0) is 17.5 Å². The third kappa shape index (κ3) is 5.84. The third-order valence-electron chi connectivity index (χ3n) is 5.40. The van der Waals surface area contributed by atoms with E-state index in [-0.39, 0.29) is 5.69 Å². The molecule has 0 fully saturated rings. The van der Waals surface area contributed by atoms with Gasteiger partial charge < -0.3 is 16.0 Å². The van der Waals surface area contributed by atoms with Gasteiger partial charge in [-0.2, -0.15) is 13.2 Å². The molecule has 174 valence electrons. The number of benzene rings is 3. The van der Waals surface area contributed by atoms with Crippen molar-refractivity contribution in [3.8, 4) is 0 Å². The quantitative estimate of drug-likeness (QED) is 0.407. The molecule has 0 aliphatic carbocycles. The van der Waals surface area contributed by atoms with Gasteiger partial charge in [0.1, 0.15) is 0 Å². The number of carbonyl (C=O) groups is 1. The van der Waals surface area contributed by atoms with E-state index in [2.05, 4.69) is 15.5 Å². The van der Waals surface area contributed by atoms with Gasteiger partial charge in [0.25, 0.3) is 0 Å². The van der Waals surface area contributed by atoms with E-state index in [1.54, 1.807) is 13.8 Å². The largest absolute Gasteiger partial charge is 0.418 e. The van der Waals surface area contributed by atoms with E-state index >= 15 is 0 Å². The van der Waals surface area contributed by atoms with Gasteiger partial charge in [-0.3, -0.25) is 10.1 Å². The second-order valence-electron chi connectivity index (χ2n) is 8.26. The maximum Gasteiger partial charge on any atom is 0.418 e. The summed E-state index contributed by atoms with van der Waals surface area (Å²) in [6.07, 6.45) is -4.60. The number of nitrogens with one attached hydrogen (secondary N) is 2. The summed E-state index contributed by atoms with van der Waals surface area (Å²) in [6.45, 7) is 3.73. The zero-order valence-corrected chi connectivity index (χ0v) is 18.7. The number of hydrogen-bond donors (Lipinski definition) is 3. The monoisotopic (exact) mass is 456 g/mol. The first kappa shape index (κ1) is 24.1. The summed E-state index contributed by atoms with van der Waals surface area (Å²) in [7, 11) is 1.96. The smallest absolute Gasteiger partial charge is 0.398 e. The van der Waals surface area contributed by atoms with Crippen LogP contribution in [0, 0.1) is 0 Å². The Bertz CT molecular complexity index is 1110.